The minimum Gasteiger partial charge on any atom is -0.348 e. The van der Waals surface area contributed by atoms with Gasteiger partial charge in [-0.05, 0) is 48.3 Å². The summed E-state index contributed by atoms with van der Waals surface area (Å²) in [5.74, 6) is 0.580. The number of carbonyl (C=O) groups is 2. The van der Waals surface area contributed by atoms with Gasteiger partial charge in [0.1, 0.15) is 0 Å². The summed E-state index contributed by atoms with van der Waals surface area (Å²) >= 11 is 1.73. The Morgan fingerprint density at radius 3 is 2.48 bits per heavy atom. The lowest BCUT2D eigenvalue weighted by atomic mass is 9.79. The van der Waals surface area contributed by atoms with Gasteiger partial charge in [-0.2, -0.15) is 0 Å². The second-order valence-electron chi connectivity index (χ2n) is 8.82. The van der Waals surface area contributed by atoms with E-state index in [4.69, 9.17) is 0 Å². The highest BCUT2D eigenvalue weighted by Gasteiger charge is 2.47. The Hall–Kier alpha value is -2.14. The molecule has 0 bridgehead atoms. The standard InChI is InChI=1S/C24H30N2O2S/c1-25(2)23(28)24(13-14-26(17-24)22(27)20-6-3-4-7-20)16-18-9-11-19(12-10-18)21-8-5-15-29-21/h5,8-12,15,20H,3-4,6-7,13-14,16-17H2,1-2H3/t24-/m0/s1. The summed E-state index contributed by atoms with van der Waals surface area (Å²) < 4.78 is 0. The molecule has 29 heavy (non-hydrogen) atoms. The Bertz CT molecular complexity index is 854. The molecular formula is C24H30N2O2S. The number of hydrogen-bond donors (Lipinski definition) is 0. The van der Waals surface area contributed by atoms with E-state index in [1.807, 2.05) is 19.0 Å². The van der Waals surface area contributed by atoms with Crippen molar-refractivity contribution in [2.45, 2.75) is 38.5 Å². The summed E-state index contributed by atoms with van der Waals surface area (Å²) in [6.45, 7) is 1.24. The molecule has 5 heteroatoms. The van der Waals surface area contributed by atoms with Gasteiger partial charge >= 0.3 is 0 Å². The SMILES string of the molecule is CN(C)C(=O)[C@]1(Cc2ccc(-c3cccs3)cc2)CCN(C(=O)C2CCCC2)C1. The number of hydrogen-bond acceptors (Lipinski definition) is 3. The van der Waals surface area contributed by atoms with Gasteiger partial charge in [0.15, 0.2) is 0 Å². The van der Waals surface area contributed by atoms with E-state index in [-0.39, 0.29) is 17.7 Å². The number of nitrogens with zero attached hydrogens (tertiary/aromatic N) is 2. The number of carbonyl (C=O) groups excluding carboxylic acids is 2. The van der Waals surface area contributed by atoms with Crippen molar-refractivity contribution in [2.24, 2.45) is 11.3 Å². The van der Waals surface area contributed by atoms with Crippen LogP contribution in [0.15, 0.2) is 41.8 Å². The third kappa shape index (κ3) is 4.11. The van der Waals surface area contributed by atoms with Crippen LogP contribution >= 0.6 is 11.3 Å². The Labute approximate surface area is 177 Å². The normalized spacial score (nSPS) is 22.2. The van der Waals surface area contributed by atoms with E-state index >= 15 is 0 Å². The molecule has 1 aliphatic carbocycles. The van der Waals surface area contributed by atoms with E-state index in [9.17, 15) is 9.59 Å². The van der Waals surface area contributed by atoms with Crippen molar-refractivity contribution in [3.8, 4) is 10.4 Å². The maximum absolute atomic E-state index is 13.2. The van der Waals surface area contributed by atoms with Crippen LogP contribution in [0, 0.1) is 11.3 Å². The number of likely N-dealkylation sites (tertiary alicyclic amines) is 1. The van der Waals surface area contributed by atoms with Crippen LogP contribution in [0.5, 0.6) is 0 Å². The van der Waals surface area contributed by atoms with Crippen molar-refractivity contribution in [1.82, 2.24) is 9.80 Å². The van der Waals surface area contributed by atoms with Crippen molar-refractivity contribution in [1.29, 1.82) is 0 Å². The summed E-state index contributed by atoms with van der Waals surface area (Å²) in [6.07, 6.45) is 5.76. The van der Waals surface area contributed by atoms with Crippen molar-refractivity contribution in [3.63, 3.8) is 0 Å². The molecule has 2 aromatic rings. The molecule has 2 aliphatic rings. The zero-order valence-corrected chi connectivity index (χ0v) is 18.2. The zero-order valence-electron chi connectivity index (χ0n) is 17.4. The number of rotatable bonds is 5. The fourth-order valence-corrected chi connectivity index (χ4v) is 5.71. The van der Waals surface area contributed by atoms with Gasteiger partial charge in [0.25, 0.3) is 0 Å². The molecule has 0 N–H and O–H groups in total. The van der Waals surface area contributed by atoms with Gasteiger partial charge in [-0.3, -0.25) is 9.59 Å². The highest BCUT2D eigenvalue weighted by Crippen LogP contribution is 2.38. The zero-order chi connectivity index (χ0) is 20.4. The maximum atomic E-state index is 13.2. The average molecular weight is 411 g/mol. The highest BCUT2D eigenvalue weighted by molar-refractivity contribution is 7.13. The molecule has 1 aromatic heterocycles. The summed E-state index contributed by atoms with van der Waals surface area (Å²) in [7, 11) is 3.65. The molecule has 0 spiro atoms. The first-order valence-corrected chi connectivity index (χ1v) is 11.5. The highest BCUT2D eigenvalue weighted by atomic mass is 32.1. The fraction of sp³-hybridized carbons (Fsp3) is 0.500. The van der Waals surface area contributed by atoms with Gasteiger partial charge in [-0.15, -0.1) is 11.3 Å². The van der Waals surface area contributed by atoms with Crippen LogP contribution in [0.25, 0.3) is 10.4 Å². The minimum absolute atomic E-state index is 0.140. The first-order chi connectivity index (χ1) is 14.0. The summed E-state index contributed by atoms with van der Waals surface area (Å²) in [6, 6.07) is 12.8. The first-order valence-electron chi connectivity index (χ1n) is 10.6. The lowest BCUT2D eigenvalue weighted by Crippen LogP contribution is -2.45. The average Bonchev–Trinajstić information content (AvgIpc) is 3.49. The number of amides is 2. The summed E-state index contributed by atoms with van der Waals surface area (Å²) in [5, 5.41) is 2.09. The van der Waals surface area contributed by atoms with Gasteiger partial charge in [-0.1, -0.05) is 43.2 Å². The third-order valence-electron chi connectivity index (χ3n) is 6.53. The van der Waals surface area contributed by atoms with Crippen LogP contribution < -0.4 is 0 Å². The molecule has 0 radical (unpaired) electrons. The summed E-state index contributed by atoms with van der Waals surface area (Å²) in [5.41, 5.74) is 1.86. The molecule has 0 unspecified atom stereocenters. The molecule has 2 heterocycles. The third-order valence-corrected chi connectivity index (χ3v) is 7.45. The Morgan fingerprint density at radius 2 is 1.86 bits per heavy atom. The second-order valence-corrected chi connectivity index (χ2v) is 9.77. The number of thiophene rings is 1. The van der Waals surface area contributed by atoms with Gasteiger partial charge in [0, 0.05) is 38.0 Å². The molecule has 154 valence electrons. The number of benzene rings is 1. The van der Waals surface area contributed by atoms with E-state index in [1.165, 1.54) is 10.4 Å². The quantitative estimate of drug-likeness (QED) is 0.730. The Kier molecular flexibility index (Phi) is 5.77. The Morgan fingerprint density at radius 1 is 1.14 bits per heavy atom. The van der Waals surface area contributed by atoms with Gasteiger partial charge < -0.3 is 9.80 Å². The summed E-state index contributed by atoms with van der Waals surface area (Å²) in [4.78, 5) is 31.1. The van der Waals surface area contributed by atoms with Crippen LogP contribution in [-0.2, 0) is 16.0 Å². The van der Waals surface area contributed by atoms with E-state index in [2.05, 4.69) is 41.8 Å². The molecule has 1 saturated carbocycles. The van der Waals surface area contributed by atoms with E-state index in [0.717, 1.165) is 37.7 Å². The lowest BCUT2D eigenvalue weighted by molar-refractivity contribution is -0.140. The molecule has 4 nitrogen and oxygen atoms in total. The molecule has 4 rings (SSSR count). The molecule has 2 fully saturated rings. The van der Waals surface area contributed by atoms with E-state index < -0.39 is 5.41 Å². The smallest absolute Gasteiger partial charge is 0.230 e. The lowest BCUT2D eigenvalue weighted by Gasteiger charge is -2.31. The fourth-order valence-electron chi connectivity index (χ4n) is 4.98. The molecule has 1 aliphatic heterocycles. The first kappa shape index (κ1) is 20.1. The van der Waals surface area contributed by atoms with Crippen molar-refractivity contribution < 1.29 is 9.59 Å². The second kappa shape index (κ2) is 8.31. The van der Waals surface area contributed by atoms with Crippen LogP contribution in [0.1, 0.15) is 37.7 Å². The molecular weight excluding hydrogens is 380 g/mol. The Balaban J connectivity index is 1.53. The predicted octanol–water partition coefficient (Wildman–Crippen LogP) is 4.45. The molecule has 1 aromatic carbocycles. The van der Waals surface area contributed by atoms with E-state index in [0.29, 0.717) is 19.5 Å². The van der Waals surface area contributed by atoms with Gasteiger partial charge in [-0.25, -0.2) is 0 Å². The van der Waals surface area contributed by atoms with Crippen molar-refractivity contribution in [2.75, 3.05) is 27.2 Å². The van der Waals surface area contributed by atoms with E-state index in [1.54, 1.807) is 16.2 Å². The van der Waals surface area contributed by atoms with Crippen molar-refractivity contribution >= 4 is 23.2 Å². The monoisotopic (exact) mass is 410 g/mol. The molecule has 2 amide bonds. The van der Waals surface area contributed by atoms with Gasteiger partial charge in [0.2, 0.25) is 11.8 Å². The van der Waals surface area contributed by atoms with Crippen LogP contribution in [0.2, 0.25) is 0 Å². The topological polar surface area (TPSA) is 40.6 Å². The van der Waals surface area contributed by atoms with Crippen LogP contribution in [-0.4, -0.2) is 48.8 Å². The predicted molar refractivity (Wildman–Crippen MR) is 118 cm³/mol. The minimum atomic E-state index is -0.512. The largest absolute Gasteiger partial charge is 0.348 e. The maximum Gasteiger partial charge on any atom is 0.230 e. The van der Waals surface area contributed by atoms with Crippen LogP contribution in [0.4, 0.5) is 0 Å². The van der Waals surface area contributed by atoms with Gasteiger partial charge in [0.05, 0.1) is 5.41 Å². The van der Waals surface area contributed by atoms with Crippen molar-refractivity contribution in [3.05, 3.63) is 47.3 Å². The molecule has 1 saturated heterocycles. The molecule has 1 atom stereocenters. The van der Waals surface area contributed by atoms with Crippen LogP contribution in [0.3, 0.4) is 0 Å².